The van der Waals surface area contributed by atoms with Crippen LogP contribution in [0.25, 0.3) is 11.1 Å². The lowest BCUT2D eigenvalue weighted by molar-refractivity contribution is -0.582. The summed E-state index contributed by atoms with van der Waals surface area (Å²) in [7, 11) is 0. The molecule has 1 aromatic carbocycles. The number of hydrogen-bond acceptors (Lipinski definition) is 5. The van der Waals surface area contributed by atoms with Crippen LogP contribution in [-0.2, 0) is 0 Å². The van der Waals surface area contributed by atoms with Crippen molar-refractivity contribution >= 4 is 22.5 Å². The van der Waals surface area contributed by atoms with E-state index in [0.29, 0.717) is 4.73 Å². The van der Waals surface area contributed by atoms with Crippen LogP contribution in [0.3, 0.4) is 0 Å². The van der Waals surface area contributed by atoms with Crippen molar-refractivity contribution < 1.29 is 14.3 Å². The van der Waals surface area contributed by atoms with Crippen LogP contribution in [0.2, 0.25) is 0 Å². The lowest BCUT2D eigenvalue weighted by Crippen LogP contribution is -2.23. The zero-order valence-electron chi connectivity index (χ0n) is 6.52. The Morgan fingerprint density at radius 3 is 2.85 bits per heavy atom. The Morgan fingerprint density at radius 2 is 2.15 bits per heavy atom. The summed E-state index contributed by atoms with van der Waals surface area (Å²) in [5.74, 6) is -0.194. The van der Waals surface area contributed by atoms with Gasteiger partial charge in [-0.15, -0.1) is 4.73 Å². The van der Waals surface area contributed by atoms with Gasteiger partial charge >= 0.3 is 6.39 Å². The summed E-state index contributed by atoms with van der Waals surface area (Å²) in [6.45, 7) is 0. The van der Waals surface area contributed by atoms with Crippen LogP contribution in [-0.4, -0.2) is 5.11 Å². The van der Waals surface area contributed by atoms with Gasteiger partial charge in [0.25, 0.3) is 5.52 Å². The first-order valence-corrected chi connectivity index (χ1v) is 3.48. The summed E-state index contributed by atoms with van der Waals surface area (Å²) >= 11 is 0. The maximum Gasteiger partial charge on any atom is 0.347 e. The number of aromatic nitrogens is 1. The minimum absolute atomic E-state index is 0.0128. The fourth-order valence-corrected chi connectivity index (χ4v) is 1.17. The van der Waals surface area contributed by atoms with E-state index in [1.165, 1.54) is 6.07 Å². The lowest BCUT2D eigenvalue weighted by atomic mass is 10.2. The Hall–Kier alpha value is -2.11. The number of rotatable bonds is 0. The second-order valence-corrected chi connectivity index (χ2v) is 2.63. The number of nitrogens with zero attached hydrogens (tertiary/aromatic N) is 1. The van der Waals surface area contributed by atoms with Gasteiger partial charge in [-0.3, -0.25) is 0 Å². The summed E-state index contributed by atoms with van der Waals surface area (Å²) in [4.78, 5) is 0. The predicted molar refractivity (Wildman–Crippen MR) is 45.7 cm³/mol. The molecule has 0 saturated heterocycles. The Morgan fingerprint density at radius 1 is 1.46 bits per heavy atom. The van der Waals surface area contributed by atoms with Gasteiger partial charge in [0.05, 0.1) is 0 Å². The number of benzene rings is 1. The van der Waals surface area contributed by atoms with E-state index in [1.807, 2.05) is 0 Å². The summed E-state index contributed by atoms with van der Waals surface area (Å²) < 4.78 is 5.29. The fraction of sp³-hybridized carbons (Fsp3) is 0. The molecule has 2 rings (SSSR count). The molecule has 13 heavy (non-hydrogen) atoms. The number of nitrogen functional groups attached to an aromatic ring is 2. The van der Waals surface area contributed by atoms with Gasteiger partial charge in [-0.2, -0.15) is 0 Å². The van der Waals surface area contributed by atoms with E-state index in [1.54, 1.807) is 0 Å². The van der Waals surface area contributed by atoms with Crippen molar-refractivity contribution in [2.75, 3.05) is 11.5 Å². The van der Waals surface area contributed by atoms with E-state index < -0.39 is 0 Å². The Labute approximate surface area is 72.6 Å². The van der Waals surface area contributed by atoms with Crippen LogP contribution >= 0.6 is 0 Å². The average Bonchev–Trinajstić information content (AvgIpc) is 2.44. The predicted octanol–water partition coefficient (Wildman–Crippen LogP) is -0.0638. The molecule has 68 valence electrons. The largest absolute Gasteiger partial charge is 0.616 e. The highest BCUT2D eigenvalue weighted by Gasteiger charge is 2.18. The van der Waals surface area contributed by atoms with Crippen LogP contribution in [0, 0.1) is 5.21 Å². The zero-order valence-corrected chi connectivity index (χ0v) is 6.52. The van der Waals surface area contributed by atoms with Crippen molar-refractivity contribution in [1.29, 1.82) is 0 Å². The van der Waals surface area contributed by atoms with Crippen molar-refractivity contribution in [3.8, 4) is 5.75 Å². The molecule has 6 nitrogen and oxygen atoms in total. The van der Waals surface area contributed by atoms with E-state index >= 15 is 0 Å². The number of oxazole rings is 1. The van der Waals surface area contributed by atoms with Crippen LogP contribution in [0.15, 0.2) is 16.9 Å². The topological polar surface area (TPSA) is 112 Å². The van der Waals surface area contributed by atoms with E-state index in [2.05, 4.69) is 0 Å². The molecule has 0 aliphatic heterocycles. The van der Waals surface area contributed by atoms with E-state index in [4.69, 9.17) is 15.9 Å². The van der Waals surface area contributed by atoms with Crippen LogP contribution in [0.5, 0.6) is 5.75 Å². The number of anilines is 2. The number of aromatic hydroxyl groups is 1. The normalized spacial score (nSPS) is 10.8. The van der Waals surface area contributed by atoms with Gasteiger partial charge in [0.2, 0.25) is 5.58 Å². The first kappa shape index (κ1) is 7.53. The van der Waals surface area contributed by atoms with Crippen molar-refractivity contribution in [3.05, 3.63) is 17.7 Å². The SMILES string of the molecule is Nc1c(O)cc(N)c2c1oc[n+]2[O-]. The summed E-state index contributed by atoms with van der Waals surface area (Å²) in [6, 6.07) is 1.21. The molecule has 0 amide bonds. The maximum atomic E-state index is 11.1. The molecular formula is C7H7N3O3. The molecule has 6 heteroatoms. The zero-order chi connectivity index (χ0) is 9.59. The molecule has 0 fully saturated rings. The molecule has 0 radical (unpaired) electrons. The first-order valence-electron chi connectivity index (χ1n) is 3.48. The maximum absolute atomic E-state index is 11.1. The highest BCUT2D eigenvalue weighted by atomic mass is 16.5. The van der Waals surface area contributed by atoms with Crippen LogP contribution in [0.1, 0.15) is 0 Å². The summed E-state index contributed by atoms with van der Waals surface area (Å²) in [5, 5.41) is 20.3. The minimum atomic E-state index is -0.194. The smallest absolute Gasteiger partial charge is 0.347 e. The molecule has 0 spiro atoms. The first-order chi connectivity index (χ1) is 6.11. The monoisotopic (exact) mass is 181 g/mol. The van der Waals surface area contributed by atoms with E-state index in [0.717, 1.165) is 6.39 Å². The van der Waals surface area contributed by atoms with E-state index in [-0.39, 0.29) is 28.2 Å². The molecule has 0 unspecified atom stereocenters. The van der Waals surface area contributed by atoms with Crippen molar-refractivity contribution in [1.82, 2.24) is 0 Å². The molecular weight excluding hydrogens is 174 g/mol. The van der Waals surface area contributed by atoms with Crippen molar-refractivity contribution in [3.63, 3.8) is 0 Å². The summed E-state index contributed by atoms with van der Waals surface area (Å²) in [6.07, 6.45) is 0.927. The van der Waals surface area contributed by atoms with Gasteiger partial charge in [0.15, 0.2) is 0 Å². The lowest BCUT2D eigenvalue weighted by Gasteiger charge is -1.99. The van der Waals surface area contributed by atoms with Gasteiger partial charge in [-0.1, -0.05) is 0 Å². The highest BCUT2D eigenvalue weighted by Crippen LogP contribution is 2.32. The van der Waals surface area contributed by atoms with Crippen molar-refractivity contribution in [2.45, 2.75) is 0 Å². The molecule has 5 N–H and O–H groups in total. The Bertz CT molecular complexity index is 477. The molecule has 1 heterocycles. The molecule has 0 bridgehead atoms. The van der Waals surface area contributed by atoms with Gasteiger partial charge in [-0.25, -0.2) is 0 Å². The quantitative estimate of drug-likeness (QED) is 0.228. The van der Waals surface area contributed by atoms with Gasteiger partial charge in [0, 0.05) is 6.07 Å². The van der Waals surface area contributed by atoms with Gasteiger partial charge in [-0.05, 0) is 0 Å². The Balaban J connectivity index is 2.99. The highest BCUT2D eigenvalue weighted by molar-refractivity contribution is 5.94. The molecule has 1 aromatic heterocycles. The van der Waals surface area contributed by atoms with Gasteiger partial charge < -0.3 is 26.2 Å². The number of phenols is 1. The second-order valence-electron chi connectivity index (χ2n) is 2.63. The van der Waals surface area contributed by atoms with Crippen LogP contribution < -0.4 is 16.2 Å². The number of hydrogen-bond donors (Lipinski definition) is 3. The Kier molecular flexibility index (Phi) is 1.27. The third kappa shape index (κ3) is 0.851. The molecule has 0 saturated carbocycles. The minimum Gasteiger partial charge on any atom is -0.616 e. The molecule has 0 aliphatic rings. The third-order valence-electron chi connectivity index (χ3n) is 1.79. The molecule has 0 atom stereocenters. The standard InChI is InChI=1S/C7H7N3O3/c8-3-1-4(11)5(9)7-6(3)10(12)2-13-7/h1-2,11H,8-9H2. The van der Waals surface area contributed by atoms with Crippen molar-refractivity contribution in [2.24, 2.45) is 0 Å². The summed E-state index contributed by atoms with van der Waals surface area (Å²) in [5.41, 5.74) is 11.3. The van der Waals surface area contributed by atoms with Gasteiger partial charge in [0.1, 0.15) is 17.1 Å². The average molecular weight is 181 g/mol. The third-order valence-corrected chi connectivity index (χ3v) is 1.79. The fourth-order valence-electron chi connectivity index (χ4n) is 1.17. The van der Waals surface area contributed by atoms with E-state index in [9.17, 15) is 10.3 Å². The number of nitrogens with two attached hydrogens (primary N) is 2. The molecule has 0 aliphatic carbocycles. The number of fused-ring (bicyclic) bond motifs is 1. The molecule has 2 aromatic rings. The number of phenolic OH excluding ortho intramolecular Hbond substituents is 1. The second kappa shape index (κ2) is 2.19. The van der Waals surface area contributed by atoms with Crippen LogP contribution in [0.4, 0.5) is 11.4 Å².